The van der Waals surface area contributed by atoms with Crippen molar-refractivity contribution in [1.29, 1.82) is 0 Å². The molecule has 0 amide bonds. The van der Waals surface area contributed by atoms with Crippen molar-refractivity contribution in [2.45, 2.75) is 20.8 Å². The Morgan fingerprint density at radius 3 is 1.93 bits per heavy atom. The van der Waals surface area contributed by atoms with E-state index in [2.05, 4.69) is 92.8 Å². The van der Waals surface area contributed by atoms with Crippen molar-refractivity contribution in [3.05, 3.63) is 114 Å². The van der Waals surface area contributed by atoms with Crippen molar-refractivity contribution < 1.29 is 0 Å². The van der Waals surface area contributed by atoms with Gasteiger partial charge in [-0.15, -0.1) is 0 Å². The van der Waals surface area contributed by atoms with Crippen molar-refractivity contribution in [2.24, 2.45) is 0 Å². The first-order valence-electron chi connectivity index (χ1n) is 9.68. The number of hydrogen-bond acceptors (Lipinski definition) is 1. The Labute approximate surface area is 168 Å². The van der Waals surface area contributed by atoms with Gasteiger partial charge in [-0.3, -0.25) is 0 Å². The van der Waals surface area contributed by atoms with Crippen LogP contribution in [0.2, 0.25) is 0 Å². The number of anilines is 2. The molecule has 0 aromatic heterocycles. The standard InChI is InChI=1S/C20H19N.C7H8/c1-3-8-17-15(2)13-14-19-18(17)11-7-12-20(19)21-16-9-5-4-6-10-16;1-7-5-3-2-4-6-7/h3-14,21H,1-2H3;2-6H,1H3/b8-3-;. The molecule has 0 heterocycles. The van der Waals surface area contributed by atoms with Gasteiger partial charge in [-0.1, -0.05) is 90.5 Å². The molecule has 0 saturated heterocycles. The van der Waals surface area contributed by atoms with Crippen molar-refractivity contribution >= 4 is 28.2 Å². The molecule has 0 bridgehead atoms. The molecule has 0 unspecified atom stereocenters. The lowest BCUT2D eigenvalue weighted by molar-refractivity contribution is 1.47. The van der Waals surface area contributed by atoms with Crippen molar-refractivity contribution in [2.75, 3.05) is 5.32 Å². The van der Waals surface area contributed by atoms with E-state index in [9.17, 15) is 0 Å². The van der Waals surface area contributed by atoms with Gasteiger partial charge in [0.05, 0.1) is 0 Å². The van der Waals surface area contributed by atoms with Crippen molar-refractivity contribution in [3.8, 4) is 0 Å². The molecule has 0 aliphatic carbocycles. The number of allylic oxidation sites excluding steroid dienone is 1. The van der Waals surface area contributed by atoms with Crippen molar-refractivity contribution in [1.82, 2.24) is 0 Å². The predicted octanol–water partition coefficient (Wildman–Crippen LogP) is 7.92. The molecule has 0 spiro atoms. The van der Waals surface area contributed by atoms with Gasteiger partial charge in [-0.2, -0.15) is 0 Å². The number of hydrogen-bond donors (Lipinski definition) is 1. The first kappa shape index (κ1) is 19.4. The molecular weight excluding hydrogens is 338 g/mol. The Kier molecular flexibility index (Phi) is 6.64. The summed E-state index contributed by atoms with van der Waals surface area (Å²) >= 11 is 0. The number of fused-ring (bicyclic) bond motifs is 1. The summed E-state index contributed by atoms with van der Waals surface area (Å²) in [6, 6.07) is 31.4. The van der Waals surface area contributed by atoms with E-state index in [4.69, 9.17) is 0 Å². The van der Waals surface area contributed by atoms with Gasteiger partial charge in [0.1, 0.15) is 0 Å². The summed E-state index contributed by atoms with van der Waals surface area (Å²) in [5, 5.41) is 6.05. The van der Waals surface area contributed by atoms with Gasteiger partial charge in [0.15, 0.2) is 0 Å². The highest BCUT2D eigenvalue weighted by Crippen LogP contribution is 2.31. The molecule has 28 heavy (non-hydrogen) atoms. The zero-order valence-corrected chi connectivity index (χ0v) is 16.8. The summed E-state index contributed by atoms with van der Waals surface area (Å²) in [7, 11) is 0. The van der Waals surface area contributed by atoms with Gasteiger partial charge < -0.3 is 5.32 Å². The number of aryl methyl sites for hydroxylation is 2. The number of nitrogens with one attached hydrogen (secondary N) is 1. The third kappa shape index (κ3) is 4.89. The highest BCUT2D eigenvalue weighted by molar-refractivity contribution is 6.00. The molecular formula is C27H27N. The minimum absolute atomic E-state index is 1.11. The minimum Gasteiger partial charge on any atom is -0.355 e. The summed E-state index contributed by atoms with van der Waals surface area (Å²) in [5.41, 5.74) is 6.18. The maximum Gasteiger partial charge on any atom is 0.0464 e. The van der Waals surface area contributed by atoms with E-state index in [0.29, 0.717) is 0 Å². The molecule has 4 aromatic rings. The fourth-order valence-corrected chi connectivity index (χ4v) is 3.20. The summed E-state index contributed by atoms with van der Waals surface area (Å²) in [6.07, 6.45) is 4.28. The van der Waals surface area contributed by atoms with E-state index in [0.717, 1.165) is 11.4 Å². The van der Waals surface area contributed by atoms with Crippen LogP contribution in [0.5, 0.6) is 0 Å². The lowest BCUT2D eigenvalue weighted by Crippen LogP contribution is -1.92. The van der Waals surface area contributed by atoms with E-state index in [1.54, 1.807) is 0 Å². The largest absolute Gasteiger partial charge is 0.355 e. The average Bonchev–Trinajstić information content (AvgIpc) is 2.72. The van der Waals surface area contributed by atoms with Crippen molar-refractivity contribution in [3.63, 3.8) is 0 Å². The van der Waals surface area contributed by atoms with Gasteiger partial charge in [-0.25, -0.2) is 0 Å². The topological polar surface area (TPSA) is 12.0 Å². The molecule has 1 N–H and O–H groups in total. The van der Waals surface area contributed by atoms with E-state index in [1.165, 1.54) is 27.5 Å². The molecule has 0 fully saturated rings. The molecule has 0 atom stereocenters. The van der Waals surface area contributed by atoms with Crippen LogP contribution >= 0.6 is 0 Å². The Balaban J connectivity index is 0.000000271. The van der Waals surface area contributed by atoms with E-state index < -0.39 is 0 Å². The second-order valence-electron chi connectivity index (χ2n) is 6.84. The molecule has 0 radical (unpaired) electrons. The fourth-order valence-electron chi connectivity index (χ4n) is 3.20. The van der Waals surface area contributed by atoms with Crippen LogP contribution in [0.15, 0.2) is 97.1 Å². The van der Waals surface area contributed by atoms with Gasteiger partial charge in [0.2, 0.25) is 0 Å². The monoisotopic (exact) mass is 365 g/mol. The molecule has 4 rings (SSSR count). The first-order valence-corrected chi connectivity index (χ1v) is 9.68. The SMILES string of the molecule is C/C=C\c1c(C)ccc2c(Nc3ccccc3)cccc12.Cc1ccccc1. The Hall–Kier alpha value is -3.32. The molecule has 1 nitrogen and oxygen atoms in total. The Morgan fingerprint density at radius 1 is 0.643 bits per heavy atom. The number of rotatable bonds is 3. The number of benzene rings is 4. The van der Waals surface area contributed by atoms with Gasteiger partial charge in [-0.05, 0) is 55.5 Å². The molecule has 4 aromatic carbocycles. The summed E-state index contributed by atoms with van der Waals surface area (Å²) in [5.74, 6) is 0. The zero-order valence-electron chi connectivity index (χ0n) is 16.8. The molecule has 0 saturated carbocycles. The van der Waals surface area contributed by atoms with E-state index >= 15 is 0 Å². The molecule has 0 aliphatic rings. The summed E-state index contributed by atoms with van der Waals surface area (Å²) in [6.45, 7) is 6.30. The zero-order chi connectivity index (χ0) is 19.8. The maximum absolute atomic E-state index is 3.51. The summed E-state index contributed by atoms with van der Waals surface area (Å²) < 4.78 is 0. The highest BCUT2D eigenvalue weighted by Gasteiger charge is 2.06. The molecule has 1 heteroatoms. The maximum atomic E-state index is 3.51. The van der Waals surface area contributed by atoms with Crippen LogP contribution < -0.4 is 5.32 Å². The fraction of sp³-hybridized carbons (Fsp3) is 0.111. The summed E-state index contributed by atoms with van der Waals surface area (Å²) in [4.78, 5) is 0. The van der Waals surface area contributed by atoms with Gasteiger partial charge in [0.25, 0.3) is 0 Å². The second-order valence-corrected chi connectivity index (χ2v) is 6.84. The first-order chi connectivity index (χ1) is 13.7. The second kappa shape index (κ2) is 9.57. The third-order valence-corrected chi connectivity index (χ3v) is 4.65. The lowest BCUT2D eigenvalue weighted by atomic mass is 9.98. The van der Waals surface area contributed by atoms with Gasteiger partial charge in [0, 0.05) is 16.8 Å². The van der Waals surface area contributed by atoms with Crippen LogP contribution in [-0.4, -0.2) is 0 Å². The smallest absolute Gasteiger partial charge is 0.0464 e. The Morgan fingerprint density at radius 2 is 1.32 bits per heavy atom. The normalized spacial score (nSPS) is 10.5. The van der Waals surface area contributed by atoms with Crippen LogP contribution in [0.1, 0.15) is 23.6 Å². The number of para-hydroxylation sites is 1. The van der Waals surface area contributed by atoms with Gasteiger partial charge >= 0.3 is 0 Å². The quantitative estimate of drug-likeness (QED) is 0.389. The van der Waals surface area contributed by atoms with E-state index in [-0.39, 0.29) is 0 Å². The van der Waals surface area contributed by atoms with Crippen LogP contribution in [-0.2, 0) is 0 Å². The Bertz CT molecular complexity index is 1050. The predicted molar refractivity (Wildman–Crippen MR) is 124 cm³/mol. The molecule has 0 aliphatic heterocycles. The average molecular weight is 366 g/mol. The molecule has 140 valence electrons. The third-order valence-electron chi connectivity index (χ3n) is 4.65. The highest BCUT2D eigenvalue weighted by atomic mass is 14.9. The van der Waals surface area contributed by atoms with E-state index in [1.807, 2.05) is 36.4 Å². The minimum atomic E-state index is 1.11. The van der Waals surface area contributed by atoms with Crippen LogP contribution in [0.4, 0.5) is 11.4 Å². The van der Waals surface area contributed by atoms with Crippen LogP contribution in [0, 0.1) is 13.8 Å². The van der Waals surface area contributed by atoms with Crippen LogP contribution in [0.3, 0.4) is 0 Å². The lowest BCUT2D eigenvalue weighted by Gasteiger charge is -2.13. The van der Waals surface area contributed by atoms with Crippen LogP contribution in [0.25, 0.3) is 16.8 Å².